The number of carbonyl (C=O) groups excluding carboxylic acids is 1. The predicted octanol–water partition coefficient (Wildman–Crippen LogP) is 1.70. The minimum atomic E-state index is -0.327. The first-order valence-electron chi connectivity index (χ1n) is 8.04. The number of fused-ring (bicyclic) bond motifs is 1. The molecule has 2 aliphatic carbocycles. The van der Waals surface area contributed by atoms with Crippen LogP contribution in [0, 0.1) is 0 Å². The van der Waals surface area contributed by atoms with Crippen LogP contribution in [0.5, 0.6) is 0 Å². The number of aryl methyl sites for hydroxylation is 1. The van der Waals surface area contributed by atoms with Gasteiger partial charge in [-0.1, -0.05) is 0 Å². The van der Waals surface area contributed by atoms with E-state index in [1.807, 2.05) is 0 Å². The van der Waals surface area contributed by atoms with Crippen molar-refractivity contribution in [2.24, 2.45) is 0 Å². The minimum Gasteiger partial charge on any atom is -0.345 e. The van der Waals surface area contributed by atoms with Gasteiger partial charge in [0.1, 0.15) is 17.9 Å². The highest BCUT2D eigenvalue weighted by atomic mass is 16.1. The monoisotopic (exact) mass is 313 g/mol. The molecule has 1 fully saturated rings. The fourth-order valence-electron chi connectivity index (χ4n) is 2.81. The molecule has 2 heterocycles. The second-order valence-electron chi connectivity index (χ2n) is 6.19. The van der Waals surface area contributed by atoms with Crippen molar-refractivity contribution < 1.29 is 4.79 Å². The maximum atomic E-state index is 10.8. The lowest BCUT2D eigenvalue weighted by Crippen LogP contribution is -2.19. The van der Waals surface area contributed by atoms with Gasteiger partial charge in [-0.2, -0.15) is 9.97 Å². The molecule has 0 radical (unpaired) electrons. The Morgan fingerprint density at radius 1 is 1.22 bits per heavy atom. The van der Waals surface area contributed by atoms with Crippen LogP contribution in [0.4, 0.5) is 17.7 Å². The smallest absolute Gasteiger partial charge is 0.247 e. The van der Waals surface area contributed by atoms with E-state index in [1.54, 1.807) is 6.92 Å². The lowest BCUT2D eigenvalue weighted by Gasteiger charge is -2.12. The summed E-state index contributed by atoms with van der Waals surface area (Å²) in [5.74, 6) is 3.19. The van der Waals surface area contributed by atoms with E-state index in [4.69, 9.17) is 0 Å². The lowest BCUT2D eigenvalue weighted by atomic mass is 10.2. The Labute approximate surface area is 133 Å². The van der Waals surface area contributed by atoms with Gasteiger partial charge in [-0.25, -0.2) is 4.98 Å². The first-order chi connectivity index (χ1) is 11.2. The van der Waals surface area contributed by atoms with Crippen LogP contribution in [0.3, 0.4) is 0 Å². The summed E-state index contributed by atoms with van der Waals surface area (Å²) < 4.78 is 0. The molecule has 0 aromatic carbocycles. The Balaban J connectivity index is 1.61. The minimum absolute atomic E-state index is 0.327. The molecule has 23 heavy (non-hydrogen) atoms. The van der Waals surface area contributed by atoms with Crippen LogP contribution in [0.25, 0.3) is 0 Å². The van der Waals surface area contributed by atoms with Gasteiger partial charge in [0.15, 0.2) is 0 Å². The average Bonchev–Trinajstić information content (AvgIpc) is 3.10. The number of nitrogens with one attached hydrogen (secondary N) is 3. The van der Waals surface area contributed by atoms with Crippen LogP contribution in [0.2, 0.25) is 0 Å². The molecule has 1 saturated carbocycles. The van der Waals surface area contributed by atoms with E-state index < -0.39 is 0 Å². The number of hydrogen-bond acceptors (Lipinski definition) is 7. The highest BCUT2D eigenvalue weighted by Gasteiger charge is 2.27. The highest BCUT2D eigenvalue weighted by molar-refractivity contribution is 5.63. The Hall–Kier alpha value is -2.51. The van der Waals surface area contributed by atoms with Crippen LogP contribution in [0.15, 0.2) is 0 Å². The van der Waals surface area contributed by atoms with Crippen molar-refractivity contribution in [2.75, 3.05) is 10.6 Å². The largest absolute Gasteiger partial charge is 0.345 e. The Bertz CT molecular complexity index is 737. The second-order valence-corrected chi connectivity index (χ2v) is 6.19. The topological polar surface area (TPSA) is 108 Å². The molecule has 1 unspecified atom stereocenters. The quantitative estimate of drug-likeness (QED) is 0.696. The van der Waals surface area contributed by atoms with Crippen LogP contribution in [0.1, 0.15) is 49.2 Å². The van der Waals surface area contributed by atoms with Crippen molar-refractivity contribution in [1.29, 1.82) is 0 Å². The maximum absolute atomic E-state index is 10.8. The van der Waals surface area contributed by atoms with Gasteiger partial charge in [0.25, 0.3) is 0 Å². The molecule has 3 N–H and O–H groups in total. The van der Waals surface area contributed by atoms with Crippen LogP contribution < -0.4 is 10.6 Å². The number of aromatic amines is 1. The number of hydrogen-bond donors (Lipinski definition) is 3. The predicted molar refractivity (Wildman–Crippen MR) is 84.8 cm³/mol. The number of aldehydes is 1. The summed E-state index contributed by atoms with van der Waals surface area (Å²) in [5.41, 5.74) is 2.15. The van der Waals surface area contributed by atoms with Crippen molar-refractivity contribution in [3.63, 3.8) is 0 Å². The Morgan fingerprint density at radius 3 is 2.87 bits per heavy atom. The standard InChI is InChI=1S/C15H19N7O/c1-8(7-23)16-14-17-11-4-2-3-10(11)13(19-14)20-15-18-12(21-22-15)9-5-6-9/h7-9H,2-6H2,1H3,(H3,16,17,18,19,20,21,22). The van der Waals surface area contributed by atoms with Gasteiger partial charge < -0.3 is 15.4 Å². The van der Waals surface area contributed by atoms with Gasteiger partial charge >= 0.3 is 0 Å². The molecule has 120 valence electrons. The first kappa shape index (κ1) is 14.1. The fraction of sp³-hybridized carbons (Fsp3) is 0.533. The SMILES string of the molecule is CC(C=O)Nc1nc2c(c(Nc3n[nH]c(C4CC4)n3)n1)CCC2. The van der Waals surface area contributed by atoms with Gasteiger partial charge in [-0.15, -0.1) is 5.10 Å². The van der Waals surface area contributed by atoms with Crippen molar-refractivity contribution >= 4 is 24.0 Å². The molecular formula is C15H19N7O. The average molecular weight is 313 g/mol. The van der Waals surface area contributed by atoms with Crippen molar-refractivity contribution in [3.05, 3.63) is 17.1 Å². The maximum Gasteiger partial charge on any atom is 0.247 e. The first-order valence-corrected chi connectivity index (χ1v) is 8.04. The zero-order chi connectivity index (χ0) is 15.8. The van der Waals surface area contributed by atoms with Crippen LogP contribution >= 0.6 is 0 Å². The third kappa shape index (κ3) is 2.88. The lowest BCUT2D eigenvalue weighted by molar-refractivity contribution is -0.108. The molecule has 0 aliphatic heterocycles. The molecule has 4 rings (SSSR count). The fourth-order valence-corrected chi connectivity index (χ4v) is 2.81. The molecule has 0 bridgehead atoms. The number of rotatable bonds is 6. The van der Waals surface area contributed by atoms with Gasteiger partial charge in [0.05, 0.1) is 11.7 Å². The third-order valence-corrected chi connectivity index (χ3v) is 4.19. The third-order valence-electron chi connectivity index (χ3n) is 4.19. The van der Waals surface area contributed by atoms with E-state index in [1.165, 1.54) is 12.8 Å². The number of nitrogens with zero attached hydrogens (tertiary/aromatic N) is 4. The van der Waals surface area contributed by atoms with Gasteiger partial charge in [-0.05, 0) is 39.0 Å². The van der Waals surface area contributed by atoms with Crippen molar-refractivity contribution in [1.82, 2.24) is 25.1 Å². The number of aromatic nitrogens is 5. The molecule has 0 amide bonds. The molecule has 2 aliphatic rings. The van der Waals surface area contributed by atoms with E-state index in [0.29, 0.717) is 17.8 Å². The summed E-state index contributed by atoms with van der Waals surface area (Å²) in [6.07, 6.45) is 6.12. The van der Waals surface area contributed by atoms with Gasteiger partial charge in [-0.3, -0.25) is 5.10 Å². The summed E-state index contributed by atoms with van der Waals surface area (Å²) in [7, 11) is 0. The summed E-state index contributed by atoms with van der Waals surface area (Å²) >= 11 is 0. The van der Waals surface area contributed by atoms with E-state index in [-0.39, 0.29) is 6.04 Å². The molecule has 0 saturated heterocycles. The summed E-state index contributed by atoms with van der Waals surface area (Å²) in [6.45, 7) is 1.77. The zero-order valence-corrected chi connectivity index (χ0v) is 13.0. The van der Waals surface area contributed by atoms with E-state index in [0.717, 1.165) is 48.4 Å². The second kappa shape index (κ2) is 5.60. The normalized spacial score (nSPS) is 17.6. The molecule has 2 aromatic rings. The Morgan fingerprint density at radius 2 is 2.09 bits per heavy atom. The van der Waals surface area contributed by atoms with E-state index >= 15 is 0 Å². The number of carbonyl (C=O) groups is 1. The number of anilines is 3. The molecule has 8 nitrogen and oxygen atoms in total. The molecule has 0 spiro atoms. The highest BCUT2D eigenvalue weighted by Crippen LogP contribution is 2.38. The molecule has 1 atom stereocenters. The Kier molecular flexibility index (Phi) is 3.44. The van der Waals surface area contributed by atoms with Crippen LogP contribution in [-0.2, 0) is 17.6 Å². The van der Waals surface area contributed by atoms with Crippen molar-refractivity contribution in [3.8, 4) is 0 Å². The van der Waals surface area contributed by atoms with Gasteiger partial charge in [0.2, 0.25) is 11.9 Å². The number of H-pyrrole nitrogens is 1. The van der Waals surface area contributed by atoms with Gasteiger partial charge in [0, 0.05) is 11.5 Å². The van der Waals surface area contributed by atoms with E-state index in [2.05, 4.69) is 35.8 Å². The van der Waals surface area contributed by atoms with Crippen LogP contribution in [-0.4, -0.2) is 37.5 Å². The summed E-state index contributed by atoms with van der Waals surface area (Å²) in [4.78, 5) is 24.3. The van der Waals surface area contributed by atoms with Crippen molar-refractivity contribution in [2.45, 2.75) is 51.0 Å². The zero-order valence-electron chi connectivity index (χ0n) is 13.0. The molecule has 8 heteroatoms. The molecule has 2 aromatic heterocycles. The molecular weight excluding hydrogens is 294 g/mol. The van der Waals surface area contributed by atoms with E-state index in [9.17, 15) is 4.79 Å². The summed E-state index contributed by atoms with van der Waals surface area (Å²) in [5, 5.41) is 13.4. The summed E-state index contributed by atoms with van der Waals surface area (Å²) in [6, 6.07) is -0.327.